The number of carbonyl (C=O) groups excluding carboxylic acids is 1. The normalized spacial score (nSPS) is 11.6. The molecular weight excluding hydrogens is 285 g/mol. The van der Waals surface area contributed by atoms with E-state index < -0.39 is 18.1 Å². The molecule has 0 atom stereocenters. The van der Waals surface area contributed by atoms with Gasteiger partial charge < -0.3 is 9.47 Å². The van der Waals surface area contributed by atoms with Crippen molar-refractivity contribution in [2.75, 3.05) is 6.61 Å². The molecule has 0 aliphatic rings. The molecule has 0 heterocycles. The molecule has 1 aromatic rings. The number of hydrogen-bond acceptors (Lipinski definition) is 3. The summed E-state index contributed by atoms with van der Waals surface area (Å²) in [5.41, 5.74) is 0.291. The molecule has 0 saturated carbocycles. The molecule has 1 aromatic carbocycles. The minimum absolute atomic E-state index is 0.0604. The summed E-state index contributed by atoms with van der Waals surface area (Å²) < 4.78 is 44.6. The first-order valence-corrected chi connectivity index (χ1v) is 5.59. The second-order valence-corrected chi connectivity index (χ2v) is 3.79. The molecule has 0 unspecified atom stereocenters. The average Bonchev–Trinajstić information content (AvgIpc) is 2.23. The molecule has 0 aliphatic carbocycles. The fraction of sp³-hybridized carbons (Fsp3) is 0.250. The molecule has 0 spiro atoms. The van der Waals surface area contributed by atoms with E-state index in [1.807, 2.05) is 0 Å². The van der Waals surface area contributed by atoms with Crippen molar-refractivity contribution in [2.45, 2.75) is 13.3 Å². The van der Waals surface area contributed by atoms with Crippen LogP contribution in [0.15, 0.2) is 24.3 Å². The zero-order chi connectivity index (χ0) is 14.5. The maximum absolute atomic E-state index is 12.1. The van der Waals surface area contributed by atoms with Gasteiger partial charge in [0, 0.05) is 11.1 Å². The Balaban J connectivity index is 2.88. The topological polar surface area (TPSA) is 35.5 Å². The number of halogens is 4. The van der Waals surface area contributed by atoms with Gasteiger partial charge in [-0.1, -0.05) is 11.6 Å². The van der Waals surface area contributed by atoms with Crippen LogP contribution in [0, 0.1) is 0 Å². The van der Waals surface area contributed by atoms with Crippen molar-refractivity contribution in [3.05, 3.63) is 34.9 Å². The number of benzene rings is 1. The molecule has 0 amide bonds. The Labute approximate surface area is 112 Å². The summed E-state index contributed by atoms with van der Waals surface area (Å²) in [4.78, 5) is 11.1. The maximum Gasteiger partial charge on any atom is 0.573 e. The predicted octanol–water partition coefficient (Wildman–Crippen LogP) is 3.81. The van der Waals surface area contributed by atoms with Gasteiger partial charge in [-0.05, 0) is 36.8 Å². The fourth-order valence-electron chi connectivity index (χ4n) is 1.23. The monoisotopic (exact) mass is 294 g/mol. The zero-order valence-corrected chi connectivity index (χ0v) is 10.6. The molecule has 7 heteroatoms. The van der Waals surface area contributed by atoms with Crippen molar-refractivity contribution in [1.29, 1.82) is 0 Å². The Morgan fingerprint density at radius 3 is 2.63 bits per heavy atom. The van der Waals surface area contributed by atoms with Crippen molar-refractivity contribution < 1.29 is 27.4 Å². The van der Waals surface area contributed by atoms with Gasteiger partial charge in [-0.2, -0.15) is 0 Å². The third-order valence-electron chi connectivity index (χ3n) is 1.83. The van der Waals surface area contributed by atoms with Gasteiger partial charge in [0.15, 0.2) is 0 Å². The highest BCUT2D eigenvalue weighted by Crippen LogP contribution is 2.27. The molecule has 0 aliphatic heterocycles. The van der Waals surface area contributed by atoms with Crippen LogP contribution in [-0.4, -0.2) is 18.9 Å². The smallest absolute Gasteiger partial charge is 0.463 e. The highest BCUT2D eigenvalue weighted by Gasteiger charge is 2.31. The summed E-state index contributed by atoms with van der Waals surface area (Å²) in [5.74, 6) is -1.05. The lowest BCUT2D eigenvalue weighted by molar-refractivity contribution is -0.274. The van der Waals surface area contributed by atoms with Crippen LogP contribution in [0.5, 0.6) is 5.75 Å². The number of rotatable bonds is 4. The van der Waals surface area contributed by atoms with E-state index in [4.69, 9.17) is 11.6 Å². The van der Waals surface area contributed by atoms with Crippen LogP contribution in [0.2, 0.25) is 5.02 Å². The minimum atomic E-state index is -4.80. The van der Waals surface area contributed by atoms with E-state index in [0.29, 0.717) is 5.56 Å². The van der Waals surface area contributed by atoms with E-state index in [-0.39, 0.29) is 11.6 Å². The first-order chi connectivity index (χ1) is 8.80. The Morgan fingerprint density at radius 2 is 2.05 bits per heavy atom. The summed E-state index contributed by atoms with van der Waals surface area (Å²) >= 11 is 5.66. The SMILES string of the molecule is CCOC(=O)/C=C/c1cc(Cl)cc(OC(F)(F)F)c1. The van der Waals surface area contributed by atoms with Crippen LogP contribution in [0.3, 0.4) is 0 Å². The molecule has 0 N–H and O–H groups in total. The number of ether oxygens (including phenoxy) is 2. The number of alkyl halides is 3. The maximum atomic E-state index is 12.1. The summed E-state index contributed by atoms with van der Waals surface area (Å²) in [6.07, 6.45) is -2.42. The molecule has 0 bridgehead atoms. The Bertz CT molecular complexity index is 484. The van der Waals surface area contributed by atoms with Crippen molar-refractivity contribution in [3.63, 3.8) is 0 Å². The van der Waals surface area contributed by atoms with Crippen molar-refractivity contribution in [1.82, 2.24) is 0 Å². The van der Waals surface area contributed by atoms with Gasteiger partial charge in [0.1, 0.15) is 5.75 Å². The molecule has 0 radical (unpaired) electrons. The van der Waals surface area contributed by atoms with Gasteiger partial charge in [0.05, 0.1) is 6.61 Å². The lowest BCUT2D eigenvalue weighted by Gasteiger charge is -2.09. The summed E-state index contributed by atoms with van der Waals surface area (Å²) in [5, 5.41) is 0.0604. The fourth-order valence-corrected chi connectivity index (χ4v) is 1.46. The number of hydrogen-bond donors (Lipinski definition) is 0. The second-order valence-electron chi connectivity index (χ2n) is 3.35. The van der Waals surface area contributed by atoms with Gasteiger partial charge in [-0.25, -0.2) is 4.79 Å². The predicted molar refractivity (Wildman–Crippen MR) is 63.8 cm³/mol. The molecule has 19 heavy (non-hydrogen) atoms. The van der Waals surface area contributed by atoms with Crippen molar-refractivity contribution in [2.24, 2.45) is 0 Å². The molecule has 0 fully saturated rings. The average molecular weight is 295 g/mol. The largest absolute Gasteiger partial charge is 0.573 e. The molecular formula is C12H10ClF3O3. The molecule has 104 valence electrons. The zero-order valence-electron chi connectivity index (χ0n) is 9.83. The highest BCUT2D eigenvalue weighted by molar-refractivity contribution is 6.30. The van der Waals surface area contributed by atoms with Gasteiger partial charge in [-0.3, -0.25) is 0 Å². The first kappa shape index (κ1) is 15.4. The molecule has 0 saturated heterocycles. The first-order valence-electron chi connectivity index (χ1n) is 5.21. The molecule has 1 rings (SSSR count). The third-order valence-corrected chi connectivity index (χ3v) is 2.04. The van der Waals surface area contributed by atoms with Gasteiger partial charge >= 0.3 is 12.3 Å². The van der Waals surface area contributed by atoms with E-state index in [0.717, 1.165) is 18.2 Å². The Kier molecular flexibility index (Phi) is 5.23. The number of carbonyl (C=O) groups is 1. The summed E-state index contributed by atoms with van der Waals surface area (Å²) in [6, 6.07) is 3.52. The number of esters is 1. The van der Waals surface area contributed by atoms with Crippen LogP contribution in [0.25, 0.3) is 6.08 Å². The second kappa shape index (κ2) is 6.47. The summed E-state index contributed by atoms with van der Waals surface area (Å²) in [7, 11) is 0. The molecule has 0 aromatic heterocycles. The molecule has 3 nitrogen and oxygen atoms in total. The van der Waals surface area contributed by atoms with Crippen molar-refractivity contribution in [3.8, 4) is 5.75 Å². The Morgan fingerprint density at radius 1 is 1.37 bits per heavy atom. The van der Waals surface area contributed by atoms with Crippen LogP contribution in [-0.2, 0) is 9.53 Å². The van der Waals surface area contributed by atoms with E-state index in [2.05, 4.69) is 9.47 Å². The van der Waals surface area contributed by atoms with E-state index >= 15 is 0 Å². The van der Waals surface area contributed by atoms with Crippen LogP contribution in [0.4, 0.5) is 13.2 Å². The van der Waals surface area contributed by atoms with Gasteiger partial charge in [0.25, 0.3) is 0 Å². The summed E-state index contributed by atoms with van der Waals surface area (Å²) in [6.45, 7) is 1.85. The highest BCUT2D eigenvalue weighted by atomic mass is 35.5. The Hall–Kier alpha value is -1.69. The van der Waals surface area contributed by atoms with Crippen LogP contribution >= 0.6 is 11.6 Å². The van der Waals surface area contributed by atoms with Gasteiger partial charge in [0.2, 0.25) is 0 Å². The van der Waals surface area contributed by atoms with Crippen LogP contribution < -0.4 is 4.74 Å². The van der Waals surface area contributed by atoms with Crippen LogP contribution in [0.1, 0.15) is 12.5 Å². The minimum Gasteiger partial charge on any atom is -0.463 e. The van der Waals surface area contributed by atoms with E-state index in [1.54, 1.807) is 6.92 Å². The van der Waals surface area contributed by atoms with E-state index in [1.165, 1.54) is 12.1 Å². The van der Waals surface area contributed by atoms with E-state index in [9.17, 15) is 18.0 Å². The standard InChI is InChI=1S/C12H10ClF3O3/c1-2-18-11(17)4-3-8-5-9(13)7-10(6-8)19-12(14,15)16/h3-7H,2H2,1H3/b4-3+. The third kappa shape index (κ3) is 6.15. The quantitative estimate of drug-likeness (QED) is 0.625. The lowest BCUT2D eigenvalue weighted by Crippen LogP contribution is -2.17. The van der Waals surface area contributed by atoms with Crippen molar-refractivity contribution >= 4 is 23.6 Å². The van der Waals surface area contributed by atoms with Gasteiger partial charge in [-0.15, -0.1) is 13.2 Å². The lowest BCUT2D eigenvalue weighted by atomic mass is 10.2.